The Balaban J connectivity index is 1.88. The molecule has 2 N–H and O–H groups in total. The van der Waals surface area contributed by atoms with E-state index in [1.807, 2.05) is 12.1 Å². The molecule has 0 unspecified atom stereocenters. The van der Waals surface area contributed by atoms with Crippen LogP contribution in [0, 0.1) is 0 Å². The maximum atomic E-state index is 11.2. The van der Waals surface area contributed by atoms with Gasteiger partial charge in [-0.05, 0) is 43.7 Å². The minimum absolute atomic E-state index is 0.332. The minimum atomic E-state index is -0.332. The Morgan fingerprint density at radius 3 is 3.16 bits per heavy atom. The van der Waals surface area contributed by atoms with Gasteiger partial charge in [-0.25, -0.2) is 9.78 Å². The van der Waals surface area contributed by atoms with Crippen LogP contribution in [-0.2, 0) is 9.53 Å². The van der Waals surface area contributed by atoms with E-state index < -0.39 is 0 Å². The highest BCUT2D eigenvalue weighted by Gasteiger charge is 2.13. The lowest BCUT2D eigenvalue weighted by Gasteiger charge is -2.11. The molecule has 1 aliphatic heterocycles. The first kappa shape index (κ1) is 13.5. The van der Waals surface area contributed by atoms with E-state index >= 15 is 0 Å². The molecular formula is C14H19N3O2. The summed E-state index contributed by atoms with van der Waals surface area (Å²) in [6.07, 6.45) is 5.97. The van der Waals surface area contributed by atoms with Gasteiger partial charge in [0.15, 0.2) is 0 Å². The Labute approximate surface area is 113 Å². The van der Waals surface area contributed by atoms with Crippen LogP contribution in [0.15, 0.2) is 24.4 Å². The predicted octanol–water partition coefficient (Wildman–Crippen LogP) is 1.43. The summed E-state index contributed by atoms with van der Waals surface area (Å²) in [4.78, 5) is 15.5. The van der Waals surface area contributed by atoms with Gasteiger partial charge in [0.2, 0.25) is 0 Å². The number of pyridine rings is 1. The summed E-state index contributed by atoms with van der Waals surface area (Å²) >= 11 is 0. The van der Waals surface area contributed by atoms with Crippen molar-refractivity contribution in [1.29, 1.82) is 0 Å². The SMILES string of the molecule is CCOC(=O)/C=C/c1ccc(N[C@@H]2CCNC2)nc1. The number of nitrogens with zero attached hydrogens (tertiary/aromatic N) is 1. The Bertz CT molecular complexity index is 437. The molecule has 0 aromatic carbocycles. The van der Waals surface area contributed by atoms with Crippen molar-refractivity contribution in [3.63, 3.8) is 0 Å². The third kappa shape index (κ3) is 4.37. The number of anilines is 1. The molecule has 5 heteroatoms. The molecule has 1 saturated heterocycles. The highest BCUT2D eigenvalue weighted by molar-refractivity contribution is 5.86. The van der Waals surface area contributed by atoms with Crippen molar-refractivity contribution in [1.82, 2.24) is 10.3 Å². The van der Waals surface area contributed by atoms with Crippen molar-refractivity contribution in [3.05, 3.63) is 30.0 Å². The van der Waals surface area contributed by atoms with Gasteiger partial charge in [0.1, 0.15) is 5.82 Å². The molecule has 1 fully saturated rings. The monoisotopic (exact) mass is 261 g/mol. The van der Waals surface area contributed by atoms with E-state index in [4.69, 9.17) is 4.74 Å². The number of nitrogens with one attached hydrogen (secondary N) is 2. The molecular weight excluding hydrogens is 242 g/mol. The van der Waals surface area contributed by atoms with Crippen molar-refractivity contribution >= 4 is 17.9 Å². The molecule has 1 aromatic heterocycles. The van der Waals surface area contributed by atoms with Crippen molar-refractivity contribution in [2.45, 2.75) is 19.4 Å². The van der Waals surface area contributed by atoms with E-state index in [1.165, 1.54) is 6.08 Å². The highest BCUT2D eigenvalue weighted by atomic mass is 16.5. The standard InChI is InChI=1S/C14H19N3O2/c1-2-19-14(18)6-4-11-3-5-13(16-9-11)17-12-7-8-15-10-12/h3-6,9,12,15H,2,7-8,10H2,1H3,(H,16,17)/b6-4+/t12-/m1/s1. The first-order valence-corrected chi connectivity index (χ1v) is 6.56. The third-order valence-corrected chi connectivity index (χ3v) is 2.90. The Morgan fingerprint density at radius 2 is 2.53 bits per heavy atom. The molecule has 102 valence electrons. The first-order chi connectivity index (χ1) is 9.28. The Hall–Kier alpha value is -1.88. The fourth-order valence-electron chi connectivity index (χ4n) is 1.93. The maximum Gasteiger partial charge on any atom is 0.330 e. The molecule has 0 aliphatic carbocycles. The zero-order valence-corrected chi connectivity index (χ0v) is 11.1. The number of rotatable bonds is 5. The van der Waals surface area contributed by atoms with Crippen LogP contribution in [0.4, 0.5) is 5.82 Å². The van der Waals surface area contributed by atoms with Crippen LogP contribution in [0.25, 0.3) is 6.08 Å². The van der Waals surface area contributed by atoms with Crippen LogP contribution in [0.1, 0.15) is 18.9 Å². The smallest absolute Gasteiger partial charge is 0.330 e. The lowest BCUT2D eigenvalue weighted by atomic mass is 10.2. The molecule has 0 amide bonds. The minimum Gasteiger partial charge on any atom is -0.463 e. The van der Waals surface area contributed by atoms with Crippen LogP contribution < -0.4 is 10.6 Å². The van der Waals surface area contributed by atoms with E-state index in [1.54, 1.807) is 19.2 Å². The summed E-state index contributed by atoms with van der Waals surface area (Å²) in [6.45, 7) is 4.20. The summed E-state index contributed by atoms with van der Waals surface area (Å²) in [5.74, 6) is 0.531. The van der Waals surface area contributed by atoms with Crippen LogP contribution in [0.2, 0.25) is 0 Å². The van der Waals surface area contributed by atoms with Crippen LogP contribution in [0.5, 0.6) is 0 Å². The summed E-state index contributed by atoms with van der Waals surface area (Å²) in [6, 6.07) is 4.30. The molecule has 0 saturated carbocycles. The zero-order valence-electron chi connectivity index (χ0n) is 11.1. The topological polar surface area (TPSA) is 63.2 Å². The van der Waals surface area contributed by atoms with Crippen LogP contribution >= 0.6 is 0 Å². The number of carbonyl (C=O) groups excluding carboxylic acids is 1. The van der Waals surface area contributed by atoms with E-state index in [2.05, 4.69) is 15.6 Å². The first-order valence-electron chi connectivity index (χ1n) is 6.56. The molecule has 1 aliphatic rings. The number of esters is 1. The molecule has 0 spiro atoms. The van der Waals surface area contributed by atoms with Gasteiger partial charge in [-0.3, -0.25) is 0 Å². The van der Waals surface area contributed by atoms with Gasteiger partial charge in [-0.1, -0.05) is 0 Å². The molecule has 5 nitrogen and oxygen atoms in total. The number of hydrogen-bond acceptors (Lipinski definition) is 5. The summed E-state index contributed by atoms with van der Waals surface area (Å²) < 4.78 is 4.81. The number of carbonyl (C=O) groups is 1. The van der Waals surface area contributed by atoms with Crippen molar-refractivity contribution < 1.29 is 9.53 Å². The second-order valence-electron chi connectivity index (χ2n) is 4.40. The van der Waals surface area contributed by atoms with Gasteiger partial charge in [0.25, 0.3) is 0 Å². The summed E-state index contributed by atoms with van der Waals surface area (Å²) in [5, 5.41) is 6.66. The lowest BCUT2D eigenvalue weighted by Crippen LogP contribution is -2.22. The molecule has 0 radical (unpaired) electrons. The zero-order chi connectivity index (χ0) is 13.5. The molecule has 2 rings (SSSR count). The van der Waals surface area contributed by atoms with Crippen molar-refractivity contribution in [2.24, 2.45) is 0 Å². The molecule has 19 heavy (non-hydrogen) atoms. The second kappa shape index (κ2) is 6.89. The van der Waals surface area contributed by atoms with Gasteiger partial charge in [-0.15, -0.1) is 0 Å². The molecule has 0 bridgehead atoms. The van der Waals surface area contributed by atoms with Gasteiger partial charge in [0.05, 0.1) is 6.61 Å². The maximum absolute atomic E-state index is 11.2. The number of aromatic nitrogens is 1. The fourth-order valence-corrected chi connectivity index (χ4v) is 1.93. The predicted molar refractivity (Wildman–Crippen MR) is 74.8 cm³/mol. The largest absolute Gasteiger partial charge is 0.463 e. The van der Waals surface area contributed by atoms with E-state index in [0.717, 1.165) is 30.9 Å². The van der Waals surface area contributed by atoms with E-state index in [-0.39, 0.29) is 5.97 Å². The van der Waals surface area contributed by atoms with Crippen LogP contribution in [-0.4, -0.2) is 36.7 Å². The normalized spacial score (nSPS) is 18.7. The van der Waals surface area contributed by atoms with Gasteiger partial charge >= 0.3 is 5.97 Å². The fraction of sp³-hybridized carbons (Fsp3) is 0.429. The quantitative estimate of drug-likeness (QED) is 0.620. The average Bonchev–Trinajstić information content (AvgIpc) is 2.91. The molecule has 1 aromatic rings. The van der Waals surface area contributed by atoms with Gasteiger partial charge in [-0.2, -0.15) is 0 Å². The Kier molecular flexibility index (Phi) is 4.92. The van der Waals surface area contributed by atoms with E-state index in [9.17, 15) is 4.79 Å². The second-order valence-corrected chi connectivity index (χ2v) is 4.40. The van der Waals surface area contributed by atoms with Crippen molar-refractivity contribution in [3.8, 4) is 0 Å². The third-order valence-electron chi connectivity index (χ3n) is 2.90. The molecule has 1 atom stereocenters. The van der Waals surface area contributed by atoms with E-state index in [0.29, 0.717) is 12.6 Å². The Morgan fingerprint density at radius 1 is 1.63 bits per heavy atom. The number of hydrogen-bond donors (Lipinski definition) is 2. The van der Waals surface area contributed by atoms with Gasteiger partial charge in [0, 0.05) is 24.9 Å². The summed E-state index contributed by atoms with van der Waals surface area (Å²) in [5.41, 5.74) is 0.878. The average molecular weight is 261 g/mol. The van der Waals surface area contributed by atoms with Gasteiger partial charge < -0.3 is 15.4 Å². The number of ether oxygens (including phenoxy) is 1. The lowest BCUT2D eigenvalue weighted by molar-refractivity contribution is -0.137. The summed E-state index contributed by atoms with van der Waals surface area (Å²) in [7, 11) is 0. The highest BCUT2D eigenvalue weighted by Crippen LogP contribution is 2.10. The van der Waals surface area contributed by atoms with Crippen LogP contribution in [0.3, 0.4) is 0 Å². The molecule has 2 heterocycles. The van der Waals surface area contributed by atoms with Crippen molar-refractivity contribution in [2.75, 3.05) is 25.0 Å².